The Morgan fingerprint density at radius 3 is 1.10 bits per heavy atom. The summed E-state index contributed by atoms with van der Waals surface area (Å²) in [6, 6.07) is -0.556. The summed E-state index contributed by atoms with van der Waals surface area (Å²) in [6.07, 6.45) is 78.4. The second-order valence-corrected chi connectivity index (χ2v) is 21.7. The number of carbonyl (C=O) groups excluding carboxylic acids is 2. The molecule has 6 nitrogen and oxygen atoms in total. The largest absolute Gasteiger partial charge is 0.466 e. The van der Waals surface area contributed by atoms with Crippen LogP contribution in [0.25, 0.3) is 0 Å². The molecule has 0 aliphatic rings. The number of unbranched alkanes of at least 4 members (excludes halogenated alkanes) is 40. The van der Waals surface area contributed by atoms with Crippen LogP contribution < -0.4 is 5.32 Å². The minimum absolute atomic E-state index is 0.0299. The lowest BCUT2D eigenvalue weighted by Crippen LogP contribution is -2.45. The van der Waals surface area contributed by atoms with Gasteiger partial charge in [0.15, 0.2) is 0 Å². The van der Waals surface area contributed by atoms with Gasteiger partial charge in [0.2, 0.25) is 5.91 Å². The van der Waals surface area contributed by atoms with Gasteiger partial charge in [-0.2, -0.15) is 0 Å². The van der Waals surface area contributed by atoms with E-state index in [1.54, 1.807) is 0 Å². The number of aliphatic hydroxyl groups excluding tert-OH is 2. The fourth-order valence-electron chi connectivity index (χ4n) is 9.69. The number of nitrogens with one attached hydrogen (secondary N) is 1. The Bertz CT molecular complexity index is 1210. The molecule has 0 aliphatic carbocycles. The SMILES string of the molecule is CCCC/C=C\C/C=C\CCCCCCCC(=O)OCCCCC/C=C\C/C=C\CCCCCCCCCC(=O)NC(CO)C(O)CCCCCCCCCCCCCCCCCCCCCCCCCC. The van der Waals surface area contributed by atoms with Gasteiger partial charge in [-0.1, -0.05) is 281 Å². The molecule has 0 aromatic rings. The van der Waals surface area contributed by atoms with Gasteiger partial charge in [-0.3, -0.25) is 9.59 Å². The maximum absolute atomic E-state index is 12.5. The molecule has 3 N–H and O–H groups in total. The molecule has 0 aromatic carbocycles. The molecule has 0 bridgehead atoms. The molecule has 72 heavy (non-hydrogen) atoms. The Balaban J connectivity index is 3.50. The van der Waals surface area contributed by atoms with Crippen LogP contribution in [0.5, 0.6) is 0 Å². The third-order valence-corrected chi connectivity index (χ3v) is 14.6. The molecular weight excluding hydrogens is 887 g/mol. The van der Waals surface area contributed by atoms with E-state index in [9.17, 15) is 19.8 Å². The van der Waals surface area contributed by atoms with Crippen molar-refractivity contribution in [2.45, 2.75) is 347 Å². The lowest BCUT2D eigenvalue weighted by Gasteiger charge is -2.22. The number of esters is 1. The molecule has 422 valence electrons. The molecule has 6 heteroatoms. The number of aliphatic hydroxyl groups is 2. The van der Waals surface area contributed by atoms with Crippen molar-refractivity contribution in [1.82, 2.24) is 5.32 Å². The number of allylic oxidation sites excluding steroid dienone is 8. The predicted octanol–water partition coefficient (Wildman–Crippen LogP) is 20.1. The summed E-state index contributed by atoms with van der Waals surface area (Å²) in [4.78, 5) is 24.6. The van der Waals surface area contributed by atoms with Crippen LogP contribution in [-0.4, -0.2) is 47.4 Å². The molecule has 2 unspecified atom stereocenters. The molecule has 0 heterocycles. The van der Waals surface area contributed by atoms with Crippen molar-refractivity contribution in [2.75, 3.05) is 13.2 Å². The van der Waals surface area contributed by atoms with Crippen molar-refractivity contribution in [3.05, 3.63) is 48.6 Å². The van der Waals surface area contributed by atoms with Crippen LogP contribution in [0.2, 0.25) is 0 Å². The first-order valence-electron chi connectivity index (χ1n) is 31.9. The van der Waals surface area contributed by atoms with Crippen molar-refractivity contribution < 1.29 is 24.5 Å². The van der Waals surface area contributed by atoms with Crippen LogP contribution >= 0.6 is 0 Å². The Kier molecular flexibility index (Phi) is 59.5. The molecule has 0 rings (SSSR count). The number of amides is 1. The molecule has 0 saturated heterocycles. The van der Waals surface area contributed by atoms with Gasteiger partial charge in [0.25, 0.3) is 0 Å². The second kappa shape index (κ2) is 61.4. The van der Waals surface area contributed by atoms with Crippen LogP contribution in [0.4, 0.5) is 0 Å². The quantitative estimate of drug-likeness (QED) is 0.0320. The summed E-state index contributed by atoms with van der Waals surface area (Å²) >= 11 is 0. The Morgan fingerprint density at radius 2 is 0.708 bits per heavy atom. The van der Waals surface area contributed by atoms with Crippen molar-refractivity contribution in [3.63, 3.8) is 0 Å². The van der Waals surface area contributed by atoms with Crippen LogP contribution in [0.15, 0.2) is 48.6 Å². The number of rotatable bonds is 59. The van der Waals surface area contributed by atoms with Gasteiger partial charge >= 0.3 is 5.97 Å². The predicted molar refractivity (Wildman–Crippen MR) is 315 cm³/mol. The fraction of sp³-hybridized carbons (Fsp3) is 0.848. The van der Waals surface area contributed by atoms with E-state index in [1.807, 2.05) is 0 Å². The van der Waals surface area contributed by atoms with Gasteiger partial charge in [0, 0.05) is 12.8 Å². The Labute approximate surface area is 448 Å². The zero-order valence-corrected chi connectivity index (χ0v) is 48.2. The van der Waals surface area contributed by atoms with Crippen LogP contribution in [0.3, 0.4) is 0 Å². The summed E-state index contributed by atoms with van der Waals surface area (Å²) < 4.78 is 5.44. The highest BCUT2D eigenvalue weighted by atomic mass is 16.5. The van der Waals surface area contributed by atoms with Crippen molar-refractivity contribution in [2.24, 2.45) is 0 Å². The highest BCUT2D eigenvalue weighted by Crippen LogP contribution is 2.18. The number of hydrogen-bond donors (Lipinski definition) is 3. The van der Waals surface area contributed by atoms with E-state index in [-0.39, 0.29) is 18.5 Å². The maximum Gasteiger partial charge on any atom is 0.305 e. The van der Waals surface area contributed by atoms with E-state index in [0.29, 0.717) is 25.9 Å². The van der Waals surface area contributed by atoms with Crippen molar-refractivity contribution in [3.8, 4) is 0 Å². The minimum Gasteiger partial charge on any atom is -0.466 e. The van der Waals surface area contributed by atoms with Gasteiger partial charge in [-0.15, -0.1) is 0 Å². The molecular formula is C66H123NO5. The van der Waals surface area contributed by atoms with E-state index in [1.165, 1.54) is 205 Å². The minimum atomic E-state index is -0.678. The third kappa shape index (κ3) is 57.1. The Hall–Kier alpha value is -2.18. The van der Waals surface area contributed by atoms with Gasteiger partial charge in [0.05, 0.1) is 25.4 Å². The Morgan fingerprint density at radius 1 is 0.389 bits per heavy atom. The summed E-state index contributed by atoms with van der Waals surface area (Å²) in [5.74, 6) is -0.0789. The van der Waals surface area contributed by atoms with E-state index >= 15 is 0 Å². The monoisotopic (exact) mass is 1010 g/mol. The average molecular weight is 1010 g/mol. The smallest absolute Gasteiger partial charge is 0.305 e. The van der Waals surface area contributed by atoms with Gasteiger partial charge in [-0.25, -0.2) is 0 Å². The average Bonchev–Trinajstić information content (AvgIpc) is 3.38. The highest BCUT2D eigenvalue weighted by Gasteiger charge is 2.20. The first-order valence-corrected chi connectivity index (χ1v) is 31.9. The lowest BCUT2D eigenvalue weighted by molar-refractivity contribution is -0.143. The zero-order valence-electron chi connectivity index (χ0n) is 48.2. The molecule has 1 amide bonds. The van der Waals surface area contributed by atoms with Crippen LogP contribution in [-0.2, 0) is 14.3 Å². The van der Waals surface area contributed by atoms with Crippen LogP contribution in [0, 0.1) is 0 Å². The molecule has 0 aromatic heterocycles. The fourth-order valence-corrected chi connectivity index (χ4v) is 9.69. The van der Waals surface area contributed by atoms with Crippen LogP contribution in [0.1, 0.15) is 335 Å². The van der Waals surface area contributed by atoms with E-state index in [4.69, 9.17) is 4.74 Å². The summed E-state index contributed by atoms with van der Waals surface area (Å²) in [7, 11) is 0. The van der Waals surface area contributed by atoms with E-state index < -0.39 is 12.1 Å². The molecule has 0 radical (unpaired) electrons. The normalized spacial score (nSPS) is 12.9. The maximum atomic E-state index is 12.5. The summed E-state index contributed by atoms with van der Waals surface area (Å²) in [6.45, 7) is 4.88. The standard InChI is InChI=1S/C66H123NO5/c1-3-5-7-9-11-13-15-17-19-20-21-22-23-24-25-26-28-31-34-38-42-46-50-54-58-64(69)63(62-68)67-65(70)59-55-51-47-43-39-35-32-29-27-30-33-37-41-45-49-53-57-61-72-66(71)60-56-52-48-44-40-36-18-16-14-12-10-8-6-4-2/h10,12,16,18,27,30,37,41,63-64,68-69H,3-9,11,13-15,17,19-26,28-29,31-36,38-40,42-62H2,1-2H3,(H,67,70)/b12-10-,18-16-,30-27-,41-37-. The summed E-state index contributed by atoms with van der Waals surface area (Å²) in [5.41, 5.74) is 0. The first kappa shape index (κ1) is 69.8. The van der Waals surface area contributed by atoms with Gasteiger partial charge < -0.3 is 20.3 Å². The van der Waals surface area contributed by atoms with Crippen molar-refractivity contribution in [1.29, 1.82) is 0 Å². The molecule has 0 spiro atoms. The van der Waals surface area contributed by atoms with E-state index in [0.717, 1.165) is 96.3 Å². The molecule has 2 atom stereocenters. The first-order chi connectivity index (χ1) is 35.5. The molecule has 0 aliphatic heterocycles. The zero-order chi connectivity index (χ0) is 52.2. The van der Waals surface area contributed by atoms with Gasteiger partial charge in [0.1, 0.15) is 0 Å². The number of hydrogen-bond acceptors (Lipinski definition) is 5. The van der Waals surface area contributed by atoms with Gasteiger partial charge in [-0.05, 0) is 89.9 Å². The molecule has 0 fully saturated rings. The second-order valence-electron chi connectivity index (χ2n) is 21.7. The van der Waals surface area contributed by atoms with E-state index in [2.05, 4.69) is 67.8 Å². The van der Waals surface area contributed by atoms with Crippen molar-refractivity contribution >= 4 is 11.9 Å². The summed E-state index contributed by atoms with van der Waals surface area (Å²) in [5, 5.41) is 23.4. The number of carbonyl (C=O) groups is 2. The topological polar surface area (TPSA) is 95.9 Å². The third-order valence-electron chi connectivity index (χ3n) is 14.6. The lowest BCUT2D eigenvalue weighted by atomic mass is 10.0. The molecule has 0 saturated carbocycles. The highest BCUT2D eigenvalue weighted by molar-refractivity contribution is 5.76. The number of ether oxygens (including phenoxy) is 1.